The number of aliphatic hydroxyl groups excluding tert-OH is 4. The number of carboxylic acid groups (broad SMARTS) is 2. The van der Waals surface area contributed by atoms with Crippen LogP contribution in [0.2, 0.25) is 0 Å². The number of aliphatic hydroxyl groups is 4. The molecule has 1 aliphatic heterocycles. The lowest BCUT2D eigenvalue weighted by Crippen LogP contribution is -2.63. The van der Waals surface area contributed by atoms with Crippen LogP contribution in [0, 0.1) is 29.6 Å². The molecule has 1 fully saturated rings. The highest BCUT2D eigenvalue weighted by Crippen LogP contribution is 2.22. The first-order chi connectivity index (χ1) is 51.0. The number of carbonyl (C=O) groups excluding carboxylic acids is 15. The van der Waals surface area contributed by atoms with Crippen molar-refractivity contribution in [3.8, 4) is 0 Å². The van der Waals surface area contributed by atoms with Crippen LogP contribution in [0.4, 0.5) is 0 Å². The Hall–Kier alpha value is -9.94. The molecule has 17 atom stereocenters. The molecule has 0 unspecified atom stereocenters. The number of nitrogens with zero attached hydrogens (tertiary/aromatic N) is 2. The molecule has 1 rings (SSSR count). The first kappa shape index (κ1) is 98.1. The average Bonchev–Trinajstić information content (AvgIpc) is 1.45. The van der Waals surface area contributed by atoms with E-state index >= 15 is 0 Å². The summed E-state index contributed by atoms with van der Waals surface area (Å²) in [5.41, 5.74) is 27.5. The number of carbonyl (C=O) groups is 17. The highest BCUT2D eigenvalue weighted by Gasteiger charge is 2.43. The normalized spacial score (nSPS) is 17.2. The van der Waals surface area contributed by atoms with Gasteiger partial charge in [0.2, 0.25) is 88.6 Å². The first-order valence-electron chi connectivity index (χ1n) is 36.5. The zero-order valence-electron chi connectivity index (χ0n) is 64.7. The summed E-state index contributed by atoms with van der Waals surface area (Å²) in [5.74, 6) is -21.6. The average molecular weight is 1570 g/mol. The molecule has 0 aliphatic carbocycles. The number of likely N-dealkylation sites (tertiary alicyclic amines) is 1. The Kier molecular flexibility index (Phi) is 42.7. The van der Waals surface area contributed by atoms with E-state index in [-0.39, 0.29) is 82.3 Å². The molecule has 0 aromatic carbocycles. The summed E-state index contributed by atoms with van der Waals surface area (Å²) in [4.78, 5) is 236. The number of amides is 15. The minimum absolute atomic E-state index is 0.00921. The van der Waals surface area contributed by atoms with Crippen molar-refractivity contribution in [2.75, 3.05) is 19.7 Å². The van der Waals surface area contributed by atoms with Crippen LogP contribution in [0.5, 0.6) is 0 Å². The van der Waals surface area contributed by atoms with Gasteiger partial charge in [-0.15, -0.1) is 0 Å². The molecule has 28 N–H and O–H groups in total. The van der Waals surface area contributed by atoms with Gasteiger partial charge in [0.05, 0.1) is 37.8 Å². The molecule has 42 heteroatoms. The van der Waals surface area contributed by atoms with E-state index in [1.165, 1.54) is 6.92 Å². The van der Waals surface area contributed by atoms with Crippen molar-refractivity contribution in [1.29, 1.82) is 0 Å². The van der Waals surface area contributed by atoms with Crippen LogP contribution < -0.4 is 92.5 Å². The summed E-state index contributed by atoms with van der Waals surface area (Å²) >= 11 is 0. The quantitative estimate of drug-likeness (QED) is 0.0153. The number of aliphatic imine (C=N–C) groups is 1. The van der Waals surface area contributed by atoms with E-state index in [1.807, 2.05) is 0 Å². The molecule has 0 radical (unpaired) electrons. The molecule has 0 aromatic rings. The second-order valence-corrected chi connectivity index (χ2v) is 29.5. The Labute approximate surface area is 638 Å². The van der Waals surface area contributed by atoms with Crippen molar-refractivity contribution >= 4 is 107 Å². The molecule has 1 heterocycles. The topological polar surface area (TPSA) is 702 Å². The molecule has 0 saturated carbocycles. The van der Waals surface area contributed by atoms with E-state index in [2.05, 4.69) is 68.8 Å². The van der Waals surface area contributed by atoms with Crippen LogP contribution in [0.15, 0.2) is 4.99 Å². The van der Waals surface area contributed by atoms with Gasteiger partial charge in [0.15, 0.2) is 12.0 Å². The number of carboxylic acids is 2. The minimum Gasteiger partial charge on any atom is -0.481 e. The van der Waals surface area contributed by atoms with Gasteiger partial charge < -0.3 is 128 Å². The van der Waals surface area contributed by atoms with Gasteiger partial charge in [0, 0.05) is 19.5 Å². The van der Waals surface area contributed by atoms with E-state index in [1.54, 1.807) is 69.2 Å². The summed E-state index contributed by atoms with van der Waals surface area (Å²) in [5, 5.41) is 88.8. The van der Waals surface area contributed by atoms with Crippen LogP contribution in [0.1, 0.15) is 167 Å². The fraction of sp³-hybridized carbons (Fsp3) is 0.735. The SMILES string of the molecule is CC(C)C[C@H](NC(=O)[C@H](CO)NC(=O)[C@@H](N)[C@@H](C)O)C(=O)N[C@H](C(=O)N[C@@H](CC(C)C)C(=O)N[C@H](C(=O)N[C@@H](CC(C)C)C(=O)N[C@@H](CC(N)=O)C(=O)N[C@@H](CCC(=O)O)C(=O)N[C@@H](CC(C)C)C(=O)N1CCC[C@H]1C(=O)N[C@@H](CC(N)=O)C(=O)N[C@@H](CCCN=C(N)N)C(=O)N[C@H](C(=O)O)[C@@H](C)O)[C@@H](C)O)C(C)C. The fourth-order valence-corrected chi connectivity index (χ4v) is 11.4. The molecule has 1 aliphatic rings. The maximum absolute atomic E-state index is 14.7. The summed E-state index contributed by atoms with van der Waals surface area (Å²) in [6.45, 7) is 18.9. The summed E-state index contributed by atoms with van der Waals surface area (Å²) in [6.07, 6.45) is -8.59. The number of aliphatic carboxylic acids is 2. The van der Waals surface area contributed by atoms with Gasteiger partial charge in [-0.25, -0.2) is 4.79 Å². The highest BCUT2D eigenvalue weighted by molar-refractivity contribution is 6.01. The Morgan fingerprint density at radius 1 is 0.418 bits per heavy atom. The second-order valence-electron chi connectivity index (χ2n) is 29.5. The first-order valence-corrected chi connectivity index (χ1v) is 36.5. The molecule has 15 amide bonds. The lowest BCUT2D eigenvalue weighted by atomic mass is 9.98. The van der Waals surface area contributed by atoms with E-state index in [0.717, 1.165) is 18.7 Å². The number of nitrogens with two attached hydrogens (primary N) is 5. The van der Waals surface area contributed by atoms with Crippen LogP contribution in [0.25, 0.3) is 0 Å². The minimum atomic E-state index is -1.98. The monoisotopic (exact) mass is 1570 g/mol. The third-order valence-corrected chi connectivity index (χ3v) is 17.1. The molecule has 0 bridgehead atoms. The molecular formula is C68H119N19O23. The largest absolute Gasteiger partial charge is 0.481 e. The fourth-order valence-electron chi connectivity index (χ4n) is 11.4. The Bertz CT molecular complexity index is 3220. The molecule has 1 saturated heterocycles. The van der Waals surface area contributed by atoms with E-state index < -0.39 is 253 Å². The third-order valence-electron chi connectivity index (χ3n) is 17.1. The van der Waals surface area contributed by atoms with Crippen molar-refractivity contribution in [2.24, 2.45) is 63.3 Å². The number of primary amides is 2. The maximum Gasteiger partial charge on any atom is 0.328 e. The van der Waals surface area contributed by atoms with Gasteiger partial charge >= 0.3 is 11.9 Å². The van der Waals surface area contributed by atoms with E-state index in [0.29, 0.717) is 0 Å². The molecule has 42 nitrogen and oxygen atoms in total. The Morgan fingerprint density at radius 2 is 0.773 bits per heavy atom. The highest BCUT2D eigenvalue weighted by atomic mass is 16.4. The van der Waals surface area contributed by atoms with Gasteiger partial charge in [-0.05, 0) is 108 Å². The predicted molar refractivity (Wildman–Crippen MR) is 393 cm³/mol. The number of hydrogen-bond acceptors (Lipinski definition) is 23. The smallest absolute Gasteiger partial charge is 0.328 e. The van der Waals surface area contributed by atoms with Crippen LogP contribution in [0.3, 0.4) is 0 Å². The van der Waals surface area contributed by atoms with Crippen molar-refractivity contribution in [1.82, 2.24) is 68.7 Å². The zero-order valence-corrected chi connectivity index (χ0v) is 64.7. The number of rotatable bonds is 50. The summed E-state index contributed by atoms with van der Waals surface area (Å²) < 4.78 is 0. The Morgan fingerprint density at radius 3 is 1.19 bits per heavy atom. The lowest BCUT2D eigenvalue weighted by molar-refractivity contribution is -0.145. The van der Waals surface area contributed by atoms with Crippen LogP contribution in [-0.2, 0) is 81.5 Å². The summed E-state index contributed by atoms with van der Waals surface area (Å²) in [6, 6.07) is -22.9. The van der Waals surface area contributed by atoms with Crippen molar-refractivity contribution in [3.05, 3.63) is 0 Å². The summed E-state index contributed by atoms with van der Waals surface area (Å²) in [7, 11) is 0. The third kappa shape index (κ3) is 35.2. The van der Waals surface area contributed by atoms with Gasteiger partial charge in [0.25, 0.3) is 0 Å². The van der Waals surface area contributed by atoms with Gasteiger partial charge in [-0.2, -0.15) is 0 Å². The van der Waals surface area contributed by atoms with Crippen LogP contribution in [-0.4, -0.2) is 265 Å². The number of hydrogen-bond donors (Lipinski definition) is 23. The zero-order chi connectivity index (χ0) is 84.5. The lowest BCUT2D eigenvalue weighted by Gasteiger charge is -2.31. The molecular weight excluding hydrogens is 1450 g/mol. The van der Waals surface area contributed by atoms with Gasteiger partial charge in [0.1, 0.15) is 78.5 Å². The number of nitrogens with one attached hydrogen (secondary N) is 12. The number of guanidine groups is 1. The van der Waals surface area contributed by atoms with Crippen LogP contribution >= 0.6 is 0 Å². The van der Waals surface area contributed by atoms with E-state index in [4.69, 9.17) is 28.7 Å². The maximum atomic E-state index is 14.7. The molecule has 624 valence electrons. The molecule has 0 aromatic heterocycles. The Balaban J connectivity index is 3.62. The predicted octanol–water partition coefficient (Wildman–Crippen LogP) is -8.15. The van der Waals surface area contributed by atoms with Gasteiger partial charge in [-0.1, -0.05) is 69.2 Å². The van der Waals surface area contributed by atoms with Crippen molar-refractivity contribution < 1.29 is 112 Å². The second kappa shape index (κ2) is 47.9. The molecule has 110 heavy (non-hydrogen) atoms. The van der Waals surface area contributed by atoms with Crippen molar-refractivity contribution in [2.45, 2.75) is 270 Å². The van der Waals surface area contributed by atoms with Gasteiger partial charge in [-0.3, -0.25) is 81.7 Å². The molecule has 0 spiro atoms. The standard InChI is InChI=1S/C68H119N19O23/c1-29(2)22-39(81-65(107)52(35(12)90)85-60(102)41(24-31(5)6)80-64(106)51(33(9)10)84-59(101)40(23-30(3)4)77-61(103)45(28-88)83-63(105)50(71)34(11)89)56(98)78-42(26-47(69)92)57(99)76-38(18-19-49(94)95)54(96)82-44(25-32(7)8)66(108)87-21-15-17-46(87)62(104)79-43(27-48(70)93)58(100)75-37(16-14-20-74-68(72)73)55(97)86-53(36(13)91)67(109)110/h29-46,50-53,88-91H,14-28,71H2,1-13H3,(H2,69,92)(H2,70,93)(H,75,100)(H,76,99)(H,77,103)(H,78,98)(H,79,104)(H,80,106)(H,81,107)(H,82,96)(H,83,105)(H,84,101)(H,85,102)(H,86,97)(H,94,95)(H,109,110)(H4,72,73,74)/t34-,35-,36-,37+,38+,39+,40+,41+,42+,43+,44+,45+,46+,50+,51+,52+,53+/m1/s1. The van der Waals surface area contributed by atoms with Crippen molar-refractivity contribution in [3.63, 3.8) is 0 Å². The van der Waals surface area contributed by atoms with E-state index in [9.17, 15) is 112 Å².